The number of anilines is 2. The van der Waals surface area contributed by atoms with Gasteiger partial charge in [0.05, 0.1) is 4.90 Å². The normalized spacial score (nSPS) is 11.2. The number of thioether (sulfide) groups is 1. The predicted molar refractivity (Wildman–Crippen MR) is 132 cm³/mol. The molecule has 1 aromatic heterocycles. The Labute approximate surface area is 200 Å². The number of aromatic nitrogens is 2. The maximum absolute atomic E-state index is 12.7. The van der Waals surface area contributed by atoms with Gasteiger partial charge in [0, 0.05) is 17.0 Å². The Morgan fingerprint density at radius 1 is 0.970 bits per heavy atom. The van der Waals surface area contributed by atoms with Crippen molar-refractivity contribution in [3.8, 4) is 0 Å². The van der Waals surface area contributed by atoms with Crippen LogP contribution in [0, 0.1) is 6.92 Å². The van der Waals surface area contributed by atoms with Gasteiger partial charge in [-0.2, -0.15) is 0 Å². The number of hydrogen-bond acceptors (Lipinski definition) is 7. The van der Waals surface area contributed by atoms with Crippen molar-refractivity contribution in [3.05, 3.63) is 95.6 Å². The molecule has 0 radical (unpaired) electrons. The third-order valence-corrected chi connectivity index (χ3v) is 7.96. The van der Waals surface area contributed by atoms with Crippen LogP contribution < -0.4 is 10.0 Å². The highest BCUT2D eigenvalue weighted by atomic mass is 32.2. The predicted octanol–water partition coefficient (Wildman–Crippen LogP) is 5.19. The molecule has 0 atom stereocenters. The Balaban J connectivity index is 1.41. The van der Waals surface area contributed by atoms with Crippen LogP contribution in [0.4, 0.5) is 10.8 Å². The Morgan fingerprint density at radius 2 is 1.73 bits per heavy atom. The van der Waals surface area contributed by atoms with Crippen LogP contribution in [-0.4, -0.2) is 24.5 Å². The van der Waals surface area contributed by atoms with E-state index in [1.807, 2.05) is 49.4 Å². The molecule has 4 rings (SSSR count). The third-order valence-electron chi connectivity index (χ3n) is 4.54. The molecule has 0 aliphatic rings. The first-order valence-corrected chi connectivity index (χ1v) is 13.2. The van der Waals surface area contributed by atoms with Crippen LogP contribution in [0.3, 0.4) is 0 Å². The molecule has 0 aliphatic carbocycles. The van der Waals surface area contributed by atoms with Crippen LogP contribution >= 0.6 is 23.1 Å². The van der Waals surface area contributed by atoms with Crippen LogP contribution in [0.2, 0.25) is 0 Å². The maximum atomic E-state index is 12.7. The SMILES string of the molecule is Cc1ccc(NS(=O)(=O)c2cccc(C(=O)Nc3nnc(SCc4ccccc4)s3)c2)cc1. The number of sulfonamides is 1. The van der Waals surface area contributed by atoms with E-state index < -0.39 is 15.9 Å². The van der Waals surface area contributed by atoms with Crippen molar-refractivity contribution >= 4 is 49.8 Å². The molecular formula is C23H20N4O3S3. The monoisotopic (exact) mass is 496 g/mol. The first kappa shape index (κ1) is 23.0. The Morgan fingerprint density at radius 3 is 2.48 bits per heavy atom. The van der Waals surface area contributed by atoms with Gasteiger partial charge in [0.2, 0.25) is 5.13 Å². The van der Waals surface area contributed by atoms with Crippen LogP contribution in [0.25, 0.3) is 0 Å². The van der Waals surface area contributed by atoms with E-state index >= 15 is 0 Å². The van der Waals surface area contributed by atoms with E-state index in [-0.39, 0.29) is 10.5 Å². The van der Waals surface area contributed by atoms with Gasteiger partial charge in [0.25, 0.3) is 15.9 Å². The minimum Gasteiger partial charge on any atom is -0.296 e. The first-order chi connectivity index (χ1) is 15.9. The van der Waals surface area contributed by atoms with E-state index in [4.69, 9.17) is 0 Å². The van der Waals surface area contributed by atoms with Crippen molar-refractivity contribution in [2.75, 3.05) is 10.0 Å². The Hall–Kier alpha value is -3.21. The summed E-state index contributed by atoms with van der Waals surface area (Å²) in [6.07, 6.45) is 0. The summed E-state index contributed by atoms with van der Waals surface area (Å²) >= 11 is 2.80. The van der Waals surface area contributed by atoms with Crippen LogP contribution in [-0.2, 0) is 15.8 Å². The zero-order valence-electron chi connectivity index (χ0n) is 17.6. The van der Waals surface area contributed by atoms with Crippen molar-refractivity contribution in [2.45, 2.75) is 21.9 Å². The summed E-state index contributed by atoms with van der Waals surface area (Å²) in [7, 11) is -3.84. The van der Waals surface area contributed by atoms with E-state index in [1.165, 1.54) is 46.9 Å². The quantitative estimate of drug-likeness (QED) is 0.257. The summed E-state index contributed by atoms with van der Waals surface area (Å²) in [4.78, 5) is 12.7. The van der Waals surface area contributed by atoms with Gasteiger partial charge in [-0.3, -0.25) is 14.8 Å². The number of nitrogens with one attached hydrogen (secondary N) is 2. The van der Waals surface area contributed by atoms with Gasteiger partial charge >= 0.3 is 0 Å². The van der Waals surface area contributed by atoms with Crippen molar-refractivity contribution in [1.82, 2.24) is 10.2 Å². The lowest BCUT2D eigenvalue weighted by atomic mass is 10.2. The van der Waals surface area contributed by atoms with E-state index in [0.717, 1.165) is 15.7 Å². The number of nitrogens with zero attached hydrogens (tertiary/aromatic N) is 2. The average Bonchev–Trinajstić information content (AvgIpc) is 3.27. The highest BCUT2D eigenvalue weighted by Crippen LogP contribution is 2.28. The fourth-order valence-electron chi connectivity index (χ4n) is 2.85. The fourth-order valence-corrected chi connectivity index (χ4v) is 5.65. The van der Waals surface area contributed by atoms with E-state index in [0.29, 0.717) is 10.8 Å². The molecule has 0 fully saturated rings. The molecule has 0 bridgehead atoms. The van der Waals surface area contributed by atoms with Crippen molar-refractivity contribution in [2.24, 2.45) is 0 Å². The number of amides is 1. The molecule has 4 aromatic rings. The van der Waals surface area contributed by atoms with Crippen molar-refractivity contribution in [3.63, 3.8) is 0 Å². The van der Waals surface area contributed by atoms with Gasteiger partial charge in [0.1, 0.15) is 0 Å². The van der Waals surface area contributed by atoms with Crippen molar-refractivity contribution in [1.29, 1.82) is 0 Å². The minimum absolute atomic E-state index is 0.00732. The molecule has 1 heterocycles. The molecule has 0 saturated heterocycles. The lowest BCUT2D eigenvalue weighted by Gasteiger charge is -2.09. The average molecular weight is 497 g/mol. The van der Waals surface area contributed by atoms with E-state index in [2.05, 4.69) is 20.2 Å². The molecule has 0 unspecified atom stereocenters. The topological polar surface area (TPSA) is 101 Å². The minimum atomic E-state index is -3.84. The fraction of sp³-hybridized carbons (Fsp3) is 0.0870. The second kappa shape index (κ2) is 10.2. The molecule has 1 amide bonds. The van der Waals surface area contributed by atoms with Crippen LogP contribution in [0.15, 0.2) is 88.1 Å². The highest BCUT2D eigenvalue weighted by Gasteiger charge is 2.17. The van der Waals surface area contributed by atoms with Gasteiger partial charge in [-0.15, -0.1) is 10.2 Å². The van der Waals surface area contributed by atoms with Gasteiger partial charge in [-0.25, -0.2) is 8.42 Å². The molecule has 3 aromatic carbocycles. The number of carbonyl (C=O) groups is 1. The molecular weight excluding hydrogens is 476 g/mol. The summed E-state index contributed by atoms with van der Waals surface area (Å²) in [6, 6.07) is 22.8. The number of aryl methyl sites for hydroxylation is 1. The summed E-state index contributed by atoms with van der Waals surface area (Å²) in [5, 5.41) is 11.1. The number of hydrogen-bond donors (Lipinski definition) is 2. The standard InChI is InChI=1S/C23H20N4O3S3/c1-16-10-12-19(13-11-16)27-33(29,30)20-9-5-8-18(14-20)21(28)24-22-25-26-23(32-22)31-15-17-6-3-2-4-7-17/h2-14,27H,15H2,1H3,(H,24,25,28). The lowest BCUT2D eigenvalue weighted by Crippen LogP contribution is -2.16. The Kier molecular flexibility index (Phi) is 7.07. The van der Waals surface area contributed by atoms with Crippen molar-refractivity contribution < 1.29 is 13.2 Å². The van der Waals surface area contributed by atoms with E-state index in [9.17, 15) is 13.2 Å². The Bertz CT molecular complexity index is 1360. The smallest absolute Gasteiger partial charge is 0.261 e. The molecule has 168 valence electrons. The molecule has 0 spiro atoms. The number of rotatable bonds is 8. The summed E-state index contributed by atoms with van der Waals surface area (Å²) in [5.41, 5.74) is 2.84. The number of benzene rings is 3. The van der Waals surface area contributed by atoms with Gasteiger partial charge < -0.3 is 0 Å². The van der Waals surface area contributed by atoms with Gasteiger partial charge in [-0.1, -0.05) is 77.2 Å². The molecule has 2 N–H and O–H groups in total. The van der Waals surface area contributed by atoms with Gasteiger partial charge in [-0.05, 0) is 42.8 Å². The molecule has 0 saturated carbocycles. The third kappa shape index (κ3) is 6.19. The molecule has 10 heteroatoms. The van der Waals surface area contributed by atoms with Crippen LogP contribution in [0.5, 0.6) is 0 Å². The van der Waals surface area contributed by atoms with E-state index in [1.54, 1.807) is 18.2 Å². The number of carbonyl (C=O) groups excluding carboxylic acids is 1. The summed E-state index contributed by atoms with van der Waals surface area (Å²) < 4.78 is 28.7. The lowest BCUT2D eigenvalue weighted by molar-refractivity contribution is 0.102. The van der Waals surface area contributed by atoms with Crippen LogP contribution in [0.1, 0.15) is 21.5 Å². The van der Waals surface area contributed by atoms with Gasteiger partial charge in [0.15, 0.2) is 4.34 Å². The summed E-state index contributed by atoms with van der Waals surface area (Å²) in [6.45, 7) is 1.92. The second-order valence-electron chi connectivity index (χ2n) is 7.10. The largest absolute Gasteiger partial charge is 0.296 e. The summed E-state index contributed by atoms with van der Waals surface area (Å²) in [5.74, 6) is 0.287. The zero-order valence-corrected chi connectivity index (χ0v) is 20.0. The maximum Gasteiger partial charge on any atom is 0.261 e. The molecule has 33 heavy (non-hydrogen) atoms. The highest BCUT2D eigenvalue weighted by molar-refractivity contribution is 8.00. The second-order valence-corrected chi connectivity index (χ2v) is 11.0. The zero-order chi connectivity index (χ0) is 23.3. The first-order valence-electron chi connectivity index (χ1n) is 9.90. The molecule has 0 aliphatic heterocycles. The molecule has 7 nitrogen and oxygen atoms in total.